The molecule has 76 valence electrons. The second kappa shape index (κ2) is 5.35. The lowest BCUT2D eigenvalue weighted by molar-refractivity contribution is 0.674. The van der Waals surface area contributed by atoms with Crippen molar-refractivity contribution >= 4 is 15.9 Å². The first-order valence-electron chi connectivity index (χ1n) is 5.06. The van der Waals surface area contributed by atoms with Crippen molar-refractivity contribution in [1.29, 1.82) is 0 Å². The van der Waals surface area contributed by atoms with Crippen molar-refractivity contribution in [1.82, 2.24) is 0 Å². The zero-order chi connectivity index (χ0) is 10.6. The van der Waals surface area contributed by atoms with Gasteiger partial charge in [-0.3, -0.25) is 0 Å². The van der Waals surface area contributed by atoms with E-state index in [1.54, 1.807) is 0 Å². The Balaban J connectivity index is 2.93. The highest BCUT2D eigenvalue weighted by Gasteiger charge is 2.08. The van der Waals surface area contributed by atoms with Gasteiger partial charge in [-0.15, -0.1) is 6.58 Å². The predicted molar refractivity (Wildman–Crippen MR) is 66.7 cm³/mol. The molecule has 0 aliphatic heterocycles. The summed E-state index contributed by atoms with van der Waals surface area (Å²) in [6, 6.07) is 6.60. The number of halogens is 1. The van der Waals surface area contributed by atoms with Gasteiger partial charge >= 0.3 is 0 Å². The molecule has 0 aliphatic carbocycles. The Hall–Kier alpha value is -0.560. The molecule has 0 saturated heterocycles. The summed E-state index contributed by atoms with van der Waals surface area (Å²) in [5.74, 6) is 0.624. The van der Waals surface area contributed by atoms with Crippen LogP contribution in [-0.4, -0.2) is 0 Å². The van der Waals surface area contributed by atoms with Crippen LogP contribution in [0.5, 0.6) is 0 Å². The van der Waals surface area contributed by atoms with Gasteiger partial charge in [-0.25, -0.2) is 0 Å². The van der Waals surface area contributed by atoms with E-state index in [2.05, 4.69) is 54.6 Å². The highest BCUT2D eigenvalue weighted by molar-refractivity contribution is 9.10. The first kappa shape index (κ1) is 11.5. The van der Waals surface area contributed by atoms with Crippen LogP contribution >= 0.6 is 15.9 Å². The van der Waals surface area contributed by atoms with Crippen LogP contribution in [0.15, 0.2) is 35.3 Å². The van der Waals surface area contributed by atoms with Crippen LogP contribution in [0.1, 0.15) is 36.8 Å². The molecule has 0 aromatic heterocycles. The largest absolute Gasteiger partial charge is 0.103 e. The van der Waals surface area contributed by atoms with Gasteiger partial charge in [0.05, 0.1) is 0 Å². The average molecular weight is 253 g/mol. The Kier molecular flexibility index (Phi) is 4.40. The fourth-order valence-corrected chi connectivity index (χ4v) is 1.91. The van der Waals surface area contributed by atoms with Gasteiger partial charge < -0.3 is 0 Å². The van der Waals surface area contributed by atoms with E-state index in [1.165, 1.54) is 22.0 Å². The molecule has 0 fully saturated rings. The summed E-state index contributed by atoms with van der Waals surface area (Å²) in [7, 11) is 0. The minimum absolute atomic E-state index is 0.624. The molecule has 1 atom stereocenters. The summed E-state index contributed by atoms with van der Waals surface area (Å²) in [6.07, 6.45) is 4.25. The second-order valence-electron chi connectivity index (χ2n) is 3.64. The van der Waals surface area contributed by atoms with Crippen LogP contribution < -0.4 is 0 Å². The topological polar surface area (TPSA) is 0 Å². The van der Waals surface area contributed by atoms with E-state index in [1.807, 2.05) is 6.08 Å². The lowest BCUT2D eigenvalue weighted by Crippen LogP contribution is -1.96. The van der Waals surface area contributed by atoms with E-state index in [9.17, 15) is 0 Å². The number of allylic oxidation sites excluding steroid dienone is 1. The Labute approximate surface area is 95.2 Å². The molecule has 1 rings (SSSR count). The van der Waals surface area contributed by atoms with Crippen LogP contribution in [0, 0.1) is 6.92 Å². The third-order valence-corrected chi connectivity index (χ3v) is 3.49. The van der Waals surface area contributed by atoms with Crippen molar-refractivity contribution < 1.29 is 0 Å². The van der Waals surface area contributed by atoms with E-state index in [0.29, 0.717) is 5.92 Å². The van der Waals surface area contributed by atoms with Crippen LogP contribution in [0.3, 0.4) is 0 Å². The van der Waals surface area contributed by atoms with Gasteiger partial charge in [-0.2, -0.15) is 0 Å². The summed E-state index contributed by atoms with van der Waals surface area (Å²) in [6.45, 7) is 8.17. The Morgan fingerprint density at radius 1 is 1.50 bits per heavy atom. The molecule has 0 amide bonds. The molecule has 0 bridgehead atoms. The standard InChI is InChI=1S/C13H17Br/c1-4-6-11(5-2)12-7-8-13(14)10(3)9-12/h4,7-9,11H,1,5-6H2,2-3H3. The van der Waals surface area contributed by atoms with Gasteiger partial charge in [0.15, 0.2) is 0 Å². The van der Waals surface area contributed by atoms with E-state index in [-0.39, 0.29) is 0 Å². The van der Waals surface area contributed by atoms with Crippen LogP contribution in [-0.2, 0) is 0 Å². The van der Waals surface area contributed by atoms with Gasteiger partial charge in [-0.05, 0) is 42.9 Å². The molecule has 0 spiro atoms. The molecule has 0 nitrogen and oxygen atoms in total. The van der Waals surface area contributed by atoms with Gasteiger partial charge in [0.1, 0.15) is 0 Å². The molecule has 1 unspecified atom stereocenters. The highest BCUT2D eigenvalue weighted by atomic mass is 79.9. The summed E-state index contributed by atoms with van der Waals surface area (Å²) in [4.78, 5) is 0. The average Bonchev–Trinajstić information content (AvgIpc) is 2.19. The van der Waals surface area contributed by atoms with Crippen LogP contribution in [0.25, 0.3) is 0 Å². The maximum absolute atomic E-state index is 3.80. The van der Waals surface area contributed by atoms with E-state index >= 15 is 0 Å². The number of hydrogen-bond acceptors (Lipinski definition) is 0. The maximum Gasteiger partial charge on any atom is 0.0204 e. The quantitative estimate of drug-likeness (QED) is 0.674. The monoisotopic (exact) mass is 252 g/mol. The first-order valence-corrected chi connectivity index (χ1v) is 5.85. The molecule has 0 aliphatic rings. The molecule has 1 aromatic carbocycles. The first-order chi connectivity index (χ1) is 6.69. The smallest absolute Gasteiger partial charge is 0.0204 e. The summed E-state index contributed by atoms with van der Waals surface area (Å²) >= 11 is 3.52. The van der Waals surface area contributed by atoms with Gasteiger partial charge in [-0.1, -0.05) is 41.1 Å². The van der Waals surface area contributed by atoms with E-state index in [4.69, 9.17) is 0 Å². The highest BCUT2D eigenvalue weighted by Crippen LogP contribution is 2.27. The zero-order valence-corrected chi connectivity index (χ0v) is 10.5. The van der Waals surface area contributed by atoms with Crippen molar-refractivity contribution in [3.05, 3.63) is 46.5 Å². The van der Waals surface area contributed by atoms with E-state index < -0.39 is 0 Å². The Morgan fingerprint density at radius 2 is 2.21 bits per heavy atom. The van der Waals surface area contributed by atoms with Crippen LogP contribution in [0.4, 0.5) is 0 Å². The molecule has 1 heteroatoms. The Bertz CT molecular complexity index is 315. The van der Waals surface area contributed by atoms with Gasteiger partial charge in [0.25, 0.3) is 0 Å². The molecular formula is C13H17Br. The van der Waals surface area contributed by atoms with Crippen molar-refractivity contribution in [2.45, 2.75) is 32.6 Å². The third kappa shape index (κ3) is 2.71. The number of rotatable bonds is 4. The zero-order valence-electron chi connectivity index (χ0n) is 8.89. The fraction of sp³-hybridized carbons (Fsp3) is 0.385. The van der Waals surface area contributed by atoms with Crippen molar-refractivity contribution in [3.8, 4) is 0 Å². The van der Waals surface area contributed by atoms with Crippen LogP contribution in [0.2, 0.25) is 0 Å². The van der Waals surface area contributed by atoms with Gasteiger partial charge in [0.2, 0.25) is 0 Å². The molecule has 14 heavy (non-hydrogen) atoms. The lowest BCUT2D eigenvalue weighted by Gasteiger charge is -2.14. The minimum Gasteiger partial charge on any atom is -0.103 e. The molecule has 1 aromatic rings. The molecule has 0 saturated carbocycles. The SMILES string of the molecule is C=CCC(CC)c1ccc(Br)c(C)c1. The maximum atomic E-state index is 3.80. The van der Waals surface area contributed by atoms with Gasteiger partial charge in [0, 0.05) is 4.47 Å². The summed E-state index contributed by atoms with van der Waals surface area (Å²) < 4.78 is 1.19. The number of benzene rings is 1. The fourth-order valence-electron chi connectivity index (χ4n) is 1.66. The van der Waals surface area contributed by atoms with Crippen molar-refractivity contribution in [3.63, 3.8) is 0 Å². The Morgan fingerprint density at radius 3 is 2.71 bits per heavy atom. The summed E-state index contributed by atoms with van der Waals surface area (Å²) in [5.41, 5.74) is 2.73. The molecular weight excluding hydrogens is 236 g/mol. The molecule has 0 N–H and O–H groups in total. The normalized spacial score (nSPS) is 12.5. The molecule has 0 radical (unpaired) electrons. The van der Waals surface area contributed by atoms with E-state index in [0.717, 1.165) is 6.42 Å². The number of aryl methyl sites for hydroxylation is 1. The van der Waals surface area contributed by atoms with Crippen molar-refractivity contribution in [2.24, 2.45) is 0 Å². The number of hydrogen-bond donors (Lipinski definition) is 0. The minimum atomic E-state index is 0.624. The third-order valence-electron chi connectivity index (χ3n) is 2.60. The second-order valence-corrected chi connectivity index (χ2v) is 4.49. The predicted octanol–water partition coefficient (Wildman–Crippen LogP) is 4.83. The molecule has 0 heterocycles. The lowest BCUT2D eigenvalue weighted by atomic mass is 9.92. The van der Waals surface area contributed by atoms with Crippen molar-refractivity contribution in [2.75, 3.05) is 0 Å². The summed E-state index contributed by atoms with van der Waals surface area (Å²) in [5, 5.41) is 0.